The molecule has 1 heterocycles. The van der Waals surface area contributed by atoms with Crippen molar-refractivity contribution in [3.8, 4) is 22.6 Å². The first-order chi connectivity index (χ1) is 23.8. The van der Waals surface area contributed by atoms with Crippen molar-refractivity contribution in [2.45, 2.75) is 25.6 Å². The SMILES string of the molecule is O=C(O)N(Cc1ccccc1)c1cccc(OCCc2ccc(-c3cccc(CNC[C@H](O)c4ccc(O)c5[nH]c(=O)ccc45)c3)cc2)c1. The molecule has 0 fully saturated rings. The molecule has 1 amide bonds. The second-order valence-corrected chi connectivity index (χ2v) is 11.8. The van der Waals surface area contributed by atoms with Crippen LogP contribution in [-0.4, -0.2) is 39.5 Å². The molecule has 0 spiro atoms. The normalized spacial score (nSPS) is 11.7. The van der Waals surface area contributed by atoms with Gasteiger partial charge in [0.1, 0.15) is 11.5 Å². The summed E-state index contributed by atoms with van der Waals surface area (Å²) in [5, 5.41) is 34.7. The summed E-state index contributed by atoms with van der Waals surface area (Å²) in [6.07, 6.45) is -1.17. The summed E-state index contributed by atoms with van der Waals surface area (Å²) >= 11 is 0. The summed E-state index contributed by atoms with van der Waals surface area (Å²) in [5.74, 6) is 0.570. The third kappa shape index (κ3) is 8.34. The number of hydrogen-bond acceptors (Lipinski definition) is 6. The fraction of sp³-hybridized carbons (Fsp3) is 0.150. The average molecular weight is 656 g/mol. The highest BCUT2D eigenvalue weighted by Gasteiger charge is 2.16. The van der Waals surface area contributed by atoms with Crippen molar-refractivity contribution >= 4 is 22.7 Å². The van der Waals surface area contributed by atoms with Crippen LogP contribution in [0.2, 0.25) is 0 Å². The minimum absolute atomic E-state index is 0.0402. The molecule has 0 aliphatic rings. The van der Waals surface area contributed by atoms with E-state index in [0.717, 1.165) is 27.8 Å². The Morgan fingerprint density at radius 2 is 1.57 bits per heavy atom. The quantitative estimate of drug-likeness (QED) is 0.0902. The Hall–Kier alpha value is -5.90. The number of fused-ring (bicyclic) bond motifs is 1. The van der Waals surface area contributed by atoms with Gasteiger partial charge in [-0.15, -0.1) is 0 Å². The van der Waals surface area contributed by atoms with E-state index in [2.05, 4.69) is 46.7 Å². The van der Waals surface area contributed by atoms with E-state index in [1.807, 2.05) is 48.5 Å². The minimum Gasteiger partial charge on any atom is -0.506 e. The number of carbonyl (C=O) groups is 1. The van der Waals surface area contributed by atoms with Gasteiger partial charge in [-0.25, -0.2) is 4.79 Å². The zero-order chi connectivity index (χ0) is 34.2. The third-order valence-corrected chi connectivity index (χ3v) is 8.35. The number of pyridine rings is 1. The summed E-state index contributed by atoms with van der Waals surface area (Å²) < 4.78 is 6.01. The van der Waals surface area contributed by atoms with Gasteiger partial charge in [0.2, 0.25) is 5.56 Å². The van der Waals surface area contributed by atoms with Crippen LogP contribution in [0.15, 0.2) is 132 Å². The summed E-state index contributed by atoms with van der Waals surface area (Å²) in [5.41, 5.74) is 6.40. The van der Waals surface area contributed by atoms with Crippen molar-refractivity contribution in [3.05, 3.63) is 160 Å². The van der Waals surface area contributed by atoms with Crippen LogP contribution in [0.3, 0.4) is 0 Å². The molecule has 0 aliphatic heterocycles. The number of ether oxygens (including phenoxy) is 1. The number of nitrogens with one attached hydrogen (secondary N) is 2. The average Bonchev–Trinajstić information content (AvgIpc) is 3.12. The van der Waals surface area contributed by atoms with Crippen LogP contribution in [0.4, 0.5) is 10.5 Å². The summed E-state index contributed by atoms with van der Waals surface area (Å²) in [7, 11) is 0. The molecular weight excluding hydrogens is 618 g/mol. The molecular formula is C40H37N3O6. The van der Waals surface area contributed by atoms with Gasteiger partial charge >= 0.3 is 6.09 Å². The number of rotatable bonds is 13. The van der Waals surface area contributed by atoms with Crippen molar-refractivity contribution in [3.63, 3.8) is 0 Å². The van der Waals surface area contributed by atoms with Crippen molar-refractivity contribution in [2.24, 2.45) is 0 Å². The summed E-state index contributed by atoms with van der Waals surface area (Å²) in [6.45, 7) is 1.53. The molecule has 0 saturated carbocycles. The van der Waals surface area contributed by atoms with E-state index in [9.17, 15) is 24.9 Å². The number of aromatic hydroxyl groups is 1. The number of carboxylic acid groups (broad SMARTS) is 1. The van der Waals surface area contributed by atoms with Gasteiger partial charge < -0.3 is 30.4 Å². The van der Waals surface area contributed by atoms with Crippen LogP contribution >= 0.6 is 0 Å². The zero-order valence-electron chi connectivity index (χ0n) is 26.8. The zero-order valence-corrected chi connectivity index (χ0v) is 26.8. The molecule has 0 aliphatic carbocycles. The molecule has 0 unspecified atom stereocenters. The first-order valence-corrected chi connectivity index (χ1v) is 16.0. The molecule has 248 valence electrons. The van der Waals surface area contributed by atoms with Gasteiger partial charge in [0.25, 0.3) is 0 Å². The predicted molar refractivity (Wildman–Crippen MR) is 191 cm³/mol. The van der Waals surface area contributed by atoms with Gasteiger partial charge in [-0.3, -0.25) is 9.69 Å². The molecule has 49 heavy (non-hydrogen) atoms. The highest BCUT2D eigenvalue weighted by atomic mass is 16.5. The van der Waals surface area contributed by atoms with Gasteiger partial charge in [-0.1, -0.05) is 84.9 Å². The smallest absolute Gasteiger partial charge is 0.412 e. The van der Waals surface area contributed by atoms with E-state index in [-0.39, 0.29) is 24.4 Å². The maximum atomic E-state index is 12.0. The lowest BCUT2D eigenvalue weighted by Crippen LogP contribution is -2.28. The molecule has 0 bridgehead atoms. The molecule has 0 saturated heterocycles. The Bertz CT molecular complexity index is 2100. The maximum absolute atomic E-state index is 12.0. The summed E-state index contributed by atoms with van der Waals surface area (Å²) in [4.78, 5) is 27.6. The molecule has 5 aromatic carbocycles. The Labute approximate surface area is 283 Å². The van der Waals surface area contributed by atoms with Crippen molar-refractivity contribution in [1.82, 2.24) is 10.3 Å². The van der Waals surface area contributed by atoms with Gasteiger partial charge in [0, 0.05) is 37.0 Å². The minimum atomic E-state index is -1.03. The van der Waals surface area contributed by atoms with Crippen LogP contribution in [0, 0.1) is 0 Å². The number of aliphatic hydroxyl groups excluding tert-OH is 1. The number of phenolic OH excluding ortho intramolecular Hbond substituents is 1. The Balaban J connectivity index is 1.01. The highest BCUT2D eigenvalue weighted by Crippen LogP contribution is 2.29. The third-order valence-electron chi connectivity index (χ3n) is 8.35. The Morgan fingerprint density at radius 1 is 0.796 bits per heavy atom. The van der Waals surface area contributed by atoms with Gasteiger partial charge in [0.15, 0.2) is 0 Å². The second-order valence-electron chi connectivity index (χ2n) is 11.8. The van der Waals surface area contributed by atoms with Crippen LogP contribution in [0.5, 0.6) is 11.5 Å². The van der Waals surface area contributed by atoms with E-state index in [1.54, 1.807) is 30.3 Å². The molecule has 1 aromatic heterocycles. The maximum Gasteiger partial charge on any atom is 0.412 e. The lowest BCUT2D eigenvalue weighted by Gasteiger charge is -2.20. The Morgan fingerprint density at radius 3 is 2.37 bits per heavy atom. The van der Waals surface area contributed by atoms with E-state index in [0.29, 0.717) is 47.5 Å². The lowest BCUT2D eigenvalue weighted by molar-refractivity contribution is 0.176. The number of benzene rings is 5. The van der Waals surface area contributed by atoms with E-state index in [4.69, 9.17) is 4.74 Å². The number of amides is 1. The number of hydrogen-bond donors (Lipinski definition) is 5. The van der Waals surface area contributed by atoms with E-state index >= 15 is 0 Å². The fourth-order valence-corrected chi connectivity index (χ4v) is 5.80. The molecule has 1 atom stereocenters. The van der Waals surface area contributed by atoms with Crippen LogP contribution in [0.25, 0.3) is 22.0 Å². The number of aliphatic hydroxyl groups is 1. The number of aromatic nitrogens is 1. The number of H-pyrrole nitrogens is 1. The van der Waals surface area contributed by atoms with Crippen LogP contribution in [0.1, 0.15) is 28.4 Å². The molecule has 9 heteroatoms. The number of phenols is 1. The number of aromatic amines is 1. The highest BCUT2D eigenvalue weighted by molar-refractivity contribution is 5.87. The topological polar surface area (TPSA) is 135 Å². The van der Waals surface area contributed by atoms with Crippen LogP contribution in [-0.2, 0) is 19.5 Å². The molecule has 5 N–H and O–H groups in total. The monoisotopic (exact) mass is 655 g/mol. The van der Waals surface area contributed by atoms with E-state index in [1.165, 1.54) is 17.0 Å². The van der Waals surface area contributed by atoms with Gasteiger partial charge in [0.05, 0.1) is 30.5 Å². The van der Waals surface area contributed by atoms with Gasteiger partial charge in [-0.2, -0.15) is 0 Å². The lowest BCUT2D eigenvalue weighted by atomic mass is 10.0. The second kappa shape index (κ2) is 15.3. The van der Waals surface area contributed by atoms with Crippen molar-refractivity contribution < 1.29 is 24.9 Å². The van der Waals surface area contributed by atoms with Crippen molar-refractivity contribution in [2.75, 3.05) is 18.1 Å². The van der Waals surface area contributed by atoms with E-state index < -0.39 is 12.2 Å². The molecule has 6 rings (SSSR count). The molecule has 6 aromatic rings. The number of anilines is 1. The largest absolute Gasteiger partial charge is 0.506 e. The Kier molecular flexibility index (Phi) is 10.3. The summed E-state index contributed by atoms with van der Waals surface area (Å²) in [6, 6.07) is 39.3. The first-order valence-electron chi connectivity index (χ1n) is 16.0. The van der Waals surface area contributed by atoms with Crippen molar-refractivity contribution in [1.29, 1.82) is 0 Å². The molecule has 0 radical (unpaired) electrons. The first kappa shape index (κ1) is 33.0. The number of nitrogens with zero attached hydrogens (tertiary/aromatic N) is 1. The fourth-order valence-electron chi connectivity index (χ4n) is 5.80. The molecule has 9 nitrogen and oxygen atoms in total. The predicted octanol–water partition coefficient (Wildman–Crippen LogP) is 7.03. The van der Waals surface area contributed by atoms with Crippen LogP contribution < -0.4 is 20.5 Å². The van der Waals surface area contributed by atoms with Gasteiger partial charge in [-0.05, 0) is 63.7 Å². The standard InChI is InChI=1S/C40H37N3O6/c44-36-18-16-34(35-17-19-38(46)42-39(35)36)37(45)25-41-24-29-8-4-9-31(22-29)30-14-12-27(13-15-30)20-21-49-33-11-5-10-32(23-33)43(40(47)48)26-28-6-2-1-3-7-28/h1-19,22-23,37,41,44-45H,20-21,24-26H2,(H,42,46)(H,47,48)/t37-/m0/s1.